The van der Waals surface area contributed by atoms with Crippen molar-refractivity contribution in [2.75, 3.05) is 5.73 Å². The van der Waals surface area contributed by atoms with Gasteiger partial charge in [0.15, 0.2) is 0 Å². The zero-order valence-corrected chi connectivity index (χ0v) is 6.74. The summed E-state index contributed by atoms with van der Waals surface area (Å²) in [5.41, 5.74) is 6.81. The molecule has 1 aromatic rings. The second-order valence-electron chi connectivity index (χ2n) is 2.40. The Hall–Kier alpha value is -1.84. The third kappa shape index (κ3) is 2.94. The molecule has 0 radical (unpaired) electrons. The lowest BCUT2D eigenvalue weighted by Gasteiger charge is -1.93. The van der Waals surface area contributed by atoms with E-state index in [1.807, 2.05) is 0 Å². The van der Waals surface area contributed by atoms with Crippen LogP contribution >= 0.6 is 0 Å². The zero-order valence-electron chi connectivity index (χ0n) is 6.74. The first-order chi connectivity index (χ1) is 6.22. The van der Waals surface area contributed by atoms with Crippen LogP contribution in [0, 0.1) is 0 Å². The lowest BCUT2D eigenvalue weighted by Crippen LogP contribution is -1.89. The molecular weight excluding hydrogens is 173 g/mol. The number of nitrogens with two attached hydrogens (primary N) is 1. The van der Waals surface area contributed by atoms with Crippen LogP contribution in [0.4, 0.5) is 10.2 Å². The molecule has 0 aromatic heterocycles. The first-order valence-corrected chi connectivity index (χ1v) is 3.58. The normalized spacial score (nSPS) is 10.2. The molecule has 0 aliphatic rings. The van der Waals surface area contributed by atoms with E-state index in [4.69, 9.17) is 5.73 Å². The SMILES string of the molecule is Nc1ccc(/C=C/C(=O)OF)cc1. The van der Waals surface area contributed by atoms with E-state index in [9.17, 15) is 9.32 Å². The van der Waals surface area contributed by atoms with E-state index in [-0.39, 0.29) is 0 Å². The van der Waals surface area contributed by atoms with Gasteiger partial charge in [-0.1, -0.05) is 12.1 Å². The number of carbonyl (C=O) groups excluding carboxylic acids is 1. The van der Waals surface area contributed by atoms with Gasteiger partial charge in [-0.3, -0.25) is 4.94 Å². The van der Waals surface area contributed by atoms with E-state index in [1.165, 1.54) is 6.08 Å². The first kappa shape index (κ1) is 9.25. The van der Waals surface area contributed by atoms with E-state index >= 15 is 0 Å². The van der Waals surface area contributed by atoms with Crippen molar-refractivity contribution in [2.45, 2.75) is 0 Å². The van der Waals surface area contributed by atoms with Gasteiger partial charge in [0.05, 0.1) is 0 Å². The van der Waals surface area contributed by atoms with Gasteiger partial charge < -0.3 is 5.73 Å². The van der Waals surface area contributed by atoms with E-state index in [2.05, 4.69) is 4.94 Å². The first-order valence-electron chi connectivity index (χ1n) is 3.58. The second-order valence-corrected chi connectivity index (χ2v) is 2.40. The van der Waals surface area contributed by atoms with Crippen LogP contribution in [0.5, 0.6) is 0 Å². The average molecular weight is 181 g/mol. The smallest absolute Gasteiger partial charge is 0.372 e. The summed E-state index contributed by atoms with van der Waals surface area (Å²) in [6.07, 6.45) is 2.42. The number of nitrogen functional groups attached to an aromatic ring is 1. The number of hydrogen-bond acceptors (Lipinski definition) is 3. The van der Waals surface area contributed by atoms with Crippen molar-refractivity contribution in [3.8, 4) is 0 Å². The van der Waals surface area contributed by atoms with E-state index in [1.54, 1.807) is 24.3 Å². The van der Waals surface area contributed by atoms with Gasteiger partial charge in [0.2, 0.25) is 0 Å². The Bertz CT molecular complexity index is 319. The van der Waals surface area contributed by atoms with Gasteiger partial charge in [0, 0.05) is 16.3 Å². The molecule has 0 unspecified atom stereocenters. The minimum Gasteiger partial charge on any atom is -0.399 e. The molecule has 1 aromatic carbocycles. The summed E-state index contributed by atoms with van der Waals surface area (Å²) in [5, 5.41) is 0. The Morgan fingerprint density at radius 3 is 2.54 bits per heavy atom. The van der Waals surface area contributed by atoms with E-state index in [0.29, 0.717) is 5.69 Å². The molecule has 3 nitrogen and oxygen atoms in total. The van der Waals surface area contributed by atoms with Crippen molar-refractivity contribution in [1.29, 1.82) is 0 Å². The number of anilines is 1. The summed E-state index contributed by atoms with van der Waals surface area (Å²) >= 11 is 0. The molecule has 0 bridgehead atoms. The summed E-state index contributed by atoms with van der Waals surface area (Å²) in [5.74, 6) is -1.03. The summed E-state index contributed by atoms with van der Waals surface area (Å²) in [7, 11) is 0. The van der Waals surface area contributed by atoms with Crippen LogP contribution in [0.3, 0.4) is 0 Å². The molecule has 0 saturated heterocycles. The molecule has 0 fully saturated rings. The van der Waals surface area contributed by atoms with E-state index < -0.39 is 5.97 Å². The predicted octanol–water partition coefficient (Wildman–Crippen LogP) is 1.71. The van der Waals surface area contributed by atoms with Crippen LogP contribution in [0.1, 0.15) is 5.56 Å². The van der Waals surface area contributed by atoms with Crippen LogP contribution in [-0.4, -0.2) is 5.97 Å². The fourth-order valence-corrected chi connectivity index (χ4v) is 0.797. The Morgan fingerprint density at radius 2 is 2.00 bits per heavy atom. The molecule has 1 rings (SSSR count). The summed E-state index contributed by atoms with van der Waals surface area (Å²) < 4.78 is 11.2. The van der Waals surface area contributed by atoms with Crippen LogP contribution < -0.4 is 5.73 Å². The van der Waals surface area contributed by atoms with Gasteiger partial charge in [-0.05, 0) is 23.8 Å². The molecule has 0 aliphatic carbocycles. The molecule has 0 heterocycles. The minimum atomic E-state index is -1.03. The fraction of sp³-hybridized carbons (Fsp3) is 0. The number of carbonyl (C=O) groups is 1. The Labute approximate surface area is 74.5 Å². The highest BCUT2D eigenvalue weighted by Gasteiger charge is 1.94. The van der Waals surface area contributed by atoms with Crippen molar-refractivity contribution in [3.05, 3.63) is 35.9 Å². The molecule has 0 saturated carbocycles. The molecular formula is C9H8FNO2. The van der Waals surface area contributed by atoms with Crippen molar-refractivity contribution in [1.82, 2.24) is 0 Å². The van der Waals surface area contributed by atoms with Gasteiger partial charge in [-0.2, -0.15) is 0 Å². The van der Waals surface area contributed by atoms with Crippen LogP contribution in [-0.2, 0) is 9.74 Å². The summed E-state index contributed by atoms with van der Waals surface area (Å²) in [6, 6.07) is 6.77. The maximum absolute atomic E-state index is 11.2. The number of halogens is 1. The van der Waals surface area contributed by atoms with Gasteiger partial charge >= 0.3 is 5.97 Å². The van der Waals surface area contributed by atoms with E-state index in [0.717, 1.165) is 11.6 Å². The second kappa shape index (κ2) is 4.25. The Kier molecular flexibility index (Phi) is 3.03. The molecule has 0 atom stereocenters. The highest BCUT2D eigenvalue weighted by atomic mass is 19.3. The largest absolute Gasteiger partial charge is 0.399 e. The maximum atomic E-state index is 11.2. The van der Waals surface area contributed by atoms with Crippen LogP contribution in [0.2, 0.25) is 0 Å². The molecule has 0 amide bonds. The zero-order chi connectivity index (χ0) is 9.68. The quantitative estimate of drug-likeness (QED) is 0.558. The topological polar surface area (TPSA) is 52.3 Å². The lowest BCUT2D eigenvalue weighted by molar-refractivity contribution is -0.176. The summed E-state index contributed by atoms with van der Waals surface area (Å²) in [4.78, 5) is 13.3. The molecule has 0 spiro atoms. The van der Waals surface area contributed by atoms with Crippen molar-refractivity contribution < 1.29 is 14.3 Å². The maximum Gasteiger partial charge on any atom is 0.372 e. The number of rotatable bonds is 2. The Morgan fingerprint density at radius 1 is 1.38 bits per heavy atom. The van der Waals surface area contributed by atoms with Crippen molar-refractivity contribution in [3.63, 3.8) is 0 Å². The minimum absolute atomic E-state index is 0.630. The third-order valence-electron chi connectivity index (χ3n) is 1.42. The average Bonchev–Trinajstić information content (AvgIpc) is 2.16. The van der Waals surface area contributed by atoms with Crippen molar-refractivity contribution >= 4 is 17.7 Å². The third-order valence-corrected chi connectivity index (χ3v) is 1.42. The highest BCUT2D eigenvalue weighted by molar-refractivity contribution is 5.86. The molecule has 13 heavy (non-hydrogen) atoms. The standard InChI is InChI=1S/C9H8FNO2/c10-13-9(12)6-3-7-1-4-8(11)5-2-7/h1-6H,11H2/b6-3+. The fourth-order valence-electron chi connectivity index (χ4n) is 0.797. The molecule has 2 N–H and O–H groups in total. The highest BCUT2D eigenvalue weighted by Crippen LogP contribution is 2.06. The lowest BCUT2D eigenvalue weighted by atomic mass is 10.2. The Balaban J connectivity index is 2.69. The predicted molar refractivity (Wildman–Crippen MR) is 47.1 cm³/mol. The van der Waals surface area contributed by atoms with Crippen molar-refractivity contribution in [2.24, 2.45) is 0 Å². The summed E-state index contributed by atoms with van der Waals surface area (Å²) in [6.45, 7) is 0. The molecule has 0 aliphatic heterocycles. The van der Waals surface area contributed by atoms with Gasteiger partial charge in [0.25, 0.3) is 0 Å². The van der Waals surface area contributed by atoms with Crippen LogP contribution in [0.25, 0.3) is 6.08 Å². The van der Waals surface area contributed by atoms with Crippen LogP contribution in [0.15, 0.2) is 30.3 Å². The van der Waals surface area contributed by atoms with Gasteiger partial charge in [-0.25, -0.2) is 4.79 Å². The van der Waals surface area contributed by atoms with Gasteiger partial charge in [0.1, 0.15) is 0 Å². The number of benzene rings is 1. The van der Waals surface area contributed by atoms with Gasteiger partial charge in [-0.15, -0.1) is 0 Å². The monoisotopic (exact) mass is 181 g/mol. The molecule has 68 valence electrons. The number of hydrogen-bond donors (Lipinski definition) is 1. The molecule has 4 heteroatoms.